The van der Waals surface area contributed by atoms with Crippen molar-refractivity contribution >= 4 is 16.8 Å². The van der Waals surface area contributed by atoms with Gasteiger partial charge in [0.1, 0.15) is 12.3 Å². The van der Waals surface area contributed by atoms with E-state index >= 15 is 0 Å². The van der Waals surface area contributed by atoms with Crippen molar-refractivity contribution in [1.29, 1.82) is 0 Å². The minimum Gasteiger partial charge on any atom is -0.364 e. The third kappa shape index (κ3) is 3.59. The van der Waals surface area contributed by atoms with Crippen molar-refractivity contribution in [2.75, 3.05) is 13.8 Å². The third-order valence-corrected chi connectivity index (χ3v) is 3.89. The summed E-state index contributed by atoms with van der Waals surface area (Å²) in [5, 5.41) is 3.06. The minimum absolute atomic E-state index is 0.0462. The van der Waals surface area contributed by atoms with E-state index in [2.05, 4.69) is 10.3 Å². The summed E-state index contributed by atoms with van der Waals surface area (Å²) in [6.45, 7) is 2.44. The van der Waals surface area contributed by atoms with E-state index in [4.69, 9.17) is 4.74 Å². The van der Waals surface area contributed by atoms with Crippen LogP contribution >= 0.6 is 0 Å². The number of aromatic nitrogens is 2. The molecule has 1 N–H and O–H groups in total. The summed E-state index contributed by atoms with van der Waals surface area (Å²) in [4.78, 5) is 29.5. The molecule has 0 aliphatic heterocycles. The number of pyridine rings is 2. The van der Waals surface area contributed by atoms with Crippen LogP contribution in [-0.4, -0.2) is 29.3 Å². The molecule has 0 saturated heterocycles. The summed E-state index contributed by atoms with van der Waals surface area (Å²) in [7, 11) is 1.47. The van der Waals surface area contributed by atoms with Crippen LogP contribution in [0.2, 0.25) is 0 Å². The predicted octanol–water partition coefficient (Wildman–Crippen LogP) is 2.09. The van der Waals surface area contributed by atoms with Gasteiger partial charge in [0, 0.05) is 24.4 Å². The molecular weight excluding hydrogens is 318 g/mol. The number of methoxy groups -OCH3 is 1. The fourth-order valence-electron chi connectivity index (χ4n) is 2.73. The van der Waals surface area contributed by atoms with Crippen molar-refractivity contribution < 1.29 is 9.53 Å². The Morgan fingerprint density at radius 1 is 1.20 bits per heavy atom. The number of carbonyl (C=O) groups excluding carboxylic acids is 1. The van der Waals surface area contributed by atoms with E-state index in [-0.39, 0.29) is 17.7 Å². The van der Waals surface area contributed by atoms with Gasteiger partial charge in [-0.25, -0.2) is 0 Å². The summed E-state index contributed by atoms with van der Waals surface area (Å²) < 4.78 is 6.72. The van der Waals surface area contributed by atoms with E-state index < -0.39 is 5.91 Å². The first kappa shape index (κ1) is 16.9. The van der Waals surface area contributed by atoms with Gasteiger partial charge >= 0.3 is 0 Å². The van der Waals surface area contributed by atoms with Crippen LogP contribution in [-0.2, 0) is 11.3 Å². The number of amides is 1. The smallest absolute Gasteiger partial charge is 0.258 e. The molecule has 0 aliphatic rings. The number of nitrogens with zero attached hydrogens (tertiary/aromatic N) is 2. The molecule has 3 aromatic rings. The van der Waals surface area contributed by atoms with E-state index in [0.29, 0.717) is 11.9 Å². The van der Waals surface area contributed by atoms with Gasteiger partial charge in [0.15, 0.2) is 0 Å². The summed E-state index contributed by atoms with van der Waals surface area (Å²) in [5.74, 6) is -0.455. The Kier molecular flexibility index (Phi) is 4.90. The monoisotopic (exact) mass is 337 g/mol. The van der Waals surface area contributed by atoms with Crippen LogP contribution in [0.5, 0.6) is 0 Å². The molecule has 0 aliphatic carbocycles. The van der Waals surface area contributed by atoms with Gasteiger partial charge in [0.05, 0.1) is 17.8 Å². The van der Waals surface area contributed by atoms with Crippen molar-refractivity contribution in [2.24, 2.45) is 0 Å². The van der Waals surface area contributed by atoms with Crippen molar-refractivity contribution in [3.63, 3.8) is 0 Å². The standard InChI is InChI=1S/C19H19N3O3/c1-13-6-5-7-14(21-13)10-22-11-16(19(24)20-12-25-2)18(23)15-8-3-4-9-17(15)22/h3-9,11H,10,12H2,1-2H3,(H,20,24). The molecule has 25 heavy (non-hydrogen) atoms. The molecule has 0 fully saturated rings. The second kappa shape index (κ2) is 7.27. The van der Waals surface area contributed by atoms with Gasteiger partial charge in [0.25, 0.3) is 5.91 Å². The summed E-state index contributed by atoms with van der Waals surface area (Å²) in [6.07, 6.45) is 1.58. The maximum Gasteiger partial charge on any atom is 0.258 e. The van der Waals surface area contributed by atoms with Crippen LogP contribution in [0.25, 0.3) is 10.9 Å². The lowest BCUT2D eigenvalue weighted by molar-refractivity contribution is 0.0870. The summed E-state index contributed by atoms with van der Waals surface area (Å²) >= 11 is 0. The lowest BCUT2D eigenvalue weighted by Crippen LogP contribution is -2.31. The maximum absolute atomic E-state index is 12.7. The third-order valence-electron chi connectivity index (χ3n) is 3.89. The predicted molar refractivity (Wildman–Crippen MR) is 95.6 cm³/mol. The lowest BCUT2D eigenvalue weighted by atomic mass is 10.1. The van der Waals surface area contributed by atoms with Gasteiger partial charge in [-0.2, -0.15) is 0 Å². The number of carbonyl (C=O) groups is 1. The zero-order valence-electron chi connectivity index (χ0n) is 14.2. The molecule has 0 atom stereocenters. The molecule has 3 rings (SSSR count). The first-order chi connectivity index (χ1) is 12.1. The number of ether oxygens (including phenoxy) is 1. The van der Waals surface area contributed by atoms with Gasteiger partial charge in [0.2, 0.25) is 5.43 Å². The molecule has 0 spiro atoms. The van der Waals surface area contributed by atoms with Gasteiger partial charge in [-0.1, -0.05) is 18.2 Å². The van der Waals surface area contributed by atoms with Crippen molar-refractivity contribution in [3.8, 4) is 0 Å². The van der Waals surface area contributed by atoms with Crippen molar-refractivity contribution in [1.82, 2.24) is 14.9 Å². The second-order valence-corrected chi connectivity index (χ2v) is 5.73. The average Bonchev–Trinajstić information content (AvgIpc) is 2.62. The van der Waals surface area contributed by atoms with Crippen molar-refractivity contribution in [2.45, 2.75) is 13.5 Å². The average molecular weight is 337 g/mol. The van der Waals surface area contributed by atoms with Crippen LogP contribution in [0.1, 0.15) is 21.7 Å². The molecule has 1 amide bonds. The van der Waals surface area contributed by atoms with Gasteiger partial charge in [-0.05, 0) is 31.2 Å². The largest absolute Gasteiger partial charge is 0.364 e. The SMILES string of the molecule is COCNC(=O)c1cn(Cc2cccc(C)n2)c2ccccc2c1=O. The normalized spacial score (nSPS) is 10.8. The molecule has 1 aromatic carbocycles. The highest BCUT2D eigenvalue weighted by Crippen LogP contribution is 2.14. The molecule has 128 valence electrons. The Balaban J connectivity index is 2.11. The Morgan fingerprint density at radius 3 is 2.76 bits per heavy atom. The minimum atomic E-state index is -0.455. The number of rotatable bonds is 5. The molecule has 0 saturated carbocycles. The Hall–Kier alpha value is -2.99. The summed E-state index contributed by atoms with van der Waals surface area (Å²) in [6, 6.07) is 13.0. The van der Waals surface area contributed by atoms with E-state index in [1.54, 1.807) is 18.3 Å². The fraction of sp³-hybridized carbons (Fsp3) is 0.211. The molecule has 2 heterocycles. The van der Waals surface area contributed by atoms with Gasteiger partial charge in [-0.3, -0.25) is 14.6 Å². The highest BCUT2D eigenvalue weighted by atomic mass is 16.5. The molecule has 2 aromatic heterocycles. The van der Waals surface area contributed by atoms with Crippen LogP contribution in [0.3, 0.4) is 0 Å². The second-order valence-electron chi connectivity index (χ2n) is 5.73. The fourth-order valence-corrected chi connectivity index (χ4v) is 2.73. The number of hydrogen-bond donors (Lipinski definition) is 1. The van der Waals surface area contributed by atoms with Crippen LogP contribution < -0.4 is 10.7 Å². The molecule has 6 nitrogen and oxygen atoms in total. The van der Waals surface area contributed by atoms with Crippen LogP contribution in [0.15, 0.2) is 53.5 Å². The Morgan fingerprint density at radius 2 is 2.00 bits per heavy atom. The highest BCUT2D eigenvalue weighted by Gasteiger charge is 2.15. The van der Waals surface area contributed by atoms with Gasteiger partial charge < -0.3 is 14.6 Å². The van der Waals surface area contributed by atoms with E-state index in [0.717, 1.165) is 16.9 Å². The molecule has 0 unspecified atom stereocenters. The van der Waals surface area contributed by atoms with Crippen molar-refractivity contribution in [3.05, 3.63) is 75.8 Å². The van der Waals surface area contributed by atoms with Crippen LogP contribution in [0, 0.1) is 6.92 Å². The lowest BCUT2D eigenvalue weighted by Gasteiger charge is -2.13. The zero-order valence-corrected chi connectivity index (χ0v) is 14.2. The number of para-hydroxylation sites is 1. The quantitative estimate of drug-likeness (QED) is 0.724. The Labute approximate surface area is 145 Å². The number of benzene rings is 1. The highest BCUT2D eigenvalue weighted by molar-refractivity contribution is 5.97. The summed E-state index contributed by atoms with van der Waals surface area (Å²) in [5.41, 5.74) is 2.33. The zero-order chi connectivity index (χ0) is 17.8. The number of aryl methyl sites for hydroxylation is 1. The van der Waals surface area contributed by atoms with E-state index in [1.165, 1.54) is 7.11 Å². The van der Waals surface area contributed by atoms with E-state index in [1.807, 2.05) is 41.8 Å². The van der Waals surface area contributed by atoms with Crippen LogP contribution in [0.4, 0.5) is 0 Å². The molecule has 0 bridgehead atoms. The number of nitrogens with one attached hydrogen (secondary N) is 1. The molecule has 6 heteroatoms. The topological polar surface area (TPSA) is 73.2 Å². The number of fused-ring (bicyclic) bond motifs is 1. The van der Waals surface area contributed by atoms with E-state index in [9.17, 15) is 9.59 Å². The Bertz CT molecular complexity index is 979. The number of hydrogen-bond acceptors (Lipinski definition) is 4. The maximum atomic E-state index is 12.7. The molecular formula is C19H19N3O3. The molecule has 0 radical (unpaired) electrons. The van der Waals surface area contributed by atoms with Gasteiger partial charge in [-0.15, -0.1) is 0 Å². The first-order valence-electron chi connectivity index (χ1n) is 7.92. The first-order valence-corrected chi connectivity index (χ1v) is 7.92.